The topological polar surface area (TPSA) is 79.5 Å². The second-order valence-electron chi connectivity index (χ2n) is 3.67. The molecule has 0 bridgehead atoms. The van der Waals surface area contributed by atoms with Gasteiger partial charge in [-0.3, -0.25) is 9.69 Å². The average molecular weight is 211 g/mol. The van der Waals surface area contributed by atoms with E-state index in [0.29, 0.717) is 18.8 Å². The van der Waals surface area contributed by atoms with Crippen LogP contribution in [0.15, 0.2) is 10.9 Å². The summed E-state index contributed by atoms with van der Waals surface area (Å²) in [5.74, 6) is -0.221. The molecule has 0 aliphatic carbocycles. The molecular weight excluding hydrogens is 198 g/mol. The minimum absolute atomic E-state index is 0.405. The van der Waals surface area contributed by atoms with Crippen LogP contribution in [0.4, 0.5) is 0 Å². The van der Waals surface area contributed by atoms with E-state index in [2.05, 4.69) is 14.7 Å². The first kappa shape index (κ1) is 10.1. The van der Waals surface area contributed by atoms with Crippen molar-refractivity contribution in [3.63, 3.8) is 0 Å². The zero-order valence-corrected chi connectivity index (χ0v) is 8.30. The molecule has 1 fully saturated rings. The van der Waals surface area contributed by atoms with Crippen LogP contribution >= 0.6 is 0 Å². The molecule has 1 saturated heterocycles. The van der Waals surface area contributed by atoms with E-state index in [1.807, 2.05) is 4.90 Å². The Hall–Kier alpha value is -1.43. The molecule has 15 heavy (non-hydrogen) atoms. The highest BCUT2D eigenvalue weighted by atomic mass is 16.5. The first-order valence-corrected chi connectivity index (χ1v) is 4.99. The lowest BCUT2D eigenvalue weighted by Crippen LogP contribution is -2.44. The van der Waals surface area contributed by atoms with Gasteiger partial charge in [0.15, 0.2) is 5.82 Å². The summed E-state index contributed by atoms with van der Waals surface area (Å²) in [6.45, 7) is 1.24. The molecule has 0 spiro atoms. The standard InChI is InChI=1S/C9H13N3O3/c13-9(14)7-3-1-2-4-12(7)5-8-10-6-15-11-8/h6-7H,1-5H2,(H,13,14). The molecule has 0 amide bonds. The van der Waals surface area contributed by atoms with Crippen LogP contribution in [0.1, 0.15) is 25.1 Å². The minimum Gasteiger partial charge on any atom is -0.480 e. The first-order valence-electron chi connectivity index (χ1n) is 4.99. The molecular formula is C9H13N3O3. The molecule has 1 atom stereocenters. The molecule has 6 nitrogen and oxygen atoms in total. The molecule has 1 aliphatic heterocycles. The van der Waals surface area contributed by atoms with Gasteiger partial charge in [-0.1, -0.05) is 11.6 Å². The van der Waals surface area contributed by atoms with Crippen molar-refractivity contribution in [3.8, 4) is 0 Å². The zero-order valence-electron chi connectivity index (χ0n) is 8.30. The summed E-state index contributed by atoms with van der Waals surface area (Å²) in [7, 11) is 0. The van der Waals surface area contributed by atoms with Gasteiger partial charge in [0, 0.05) is 0 Å². The van der Waals surface area contributed by atoms with Crippen molar-refractivity contribution in [2.24, 2.45) is 0 Å². The summed E-state index contributed by atoms with van der Waals surface area (Å²) < 4.78 is 4.62. The van der Waals surface area contributed by atoms with Gasteiger partial charge in [-0.25, -0.2) is 0 Å². The van der Waals surface area contributed by atoms with Crippen molar-refractivity contribution in [1.29, 1.82) is 0 Å². The van der Waals surface area contributed by atoms with Gasteiger partial charge in [-0.05, 0) is 19.4 Å². The second kappa shape index (κ2) is 4.39. The number of aliphatic carboxylic acids is 1. The van der Waals surface area contributed by atoms with E-state index in [0.717, 1.165) is 19.4 Å². The second-order valence-corrected chi connectivity index (χ2v) is 3.67. The summed E-state index contributed by atoms with van der Waals surface area (Å²) in [5.41, 5.74) is 0. The number of likely N-dealkylation sites (tertiary alicyclic amines) is 1. The third kappa shape index (κ3) is 2.33. The van der Waals surface area contributed by atoms with Crippen LogP contribution in [0.5, 0.6) is 0 Å². The smallest absolute Gasteiger partial charge is 0.320 e. The number of nitrogens with zero attached hydrogens (tertiary/aromatic N) is 3. The van der Waals surface area contributed by atoms with Crippen molar-refractivity contribution >= 4 is 5.97 Å². The Labute approximate surface area is 86.9 Å². The maximum atomic E-state index is 11.0. The number of rotatable bonds is 3. The Bertz CT molecular complexity index is 325. The van der Waals surface area contributed by atoms with Crippen LogP contribution in [0.25, 0.3) is 0 Å². The average Bonchev–Trinajstić information content (AvgIpc) is 2.71. The maximum absolute atomic E-state index is 11.0. The summed E-state index contributed by atoms with van der Waals surface area (Å²) >= 11 is 0. The molecule has 6 heteroatoms. The van der Waals surface area contributed by atoms with Gasteiger partial charge in [0.1, 0.15) is 6.04 Å². The third-order valence-corrected chi connectivity index (χ3v) is 2.65. The summed E-state index contributed by atoms with van der Waals surface area (Å²) in [6, 6.07) is -0.405. The van der Waals surface area contributed by atoms with Crippen molar-refractivity contribution < 1.29 is 14.4 Å². The van der Waals surface area contributed by atoms with Crippen molar-refractivity contribution in [2.75, 3.05) is 6.54 Å². The van der Waals surface area contributed by atoms with Gasteiger partial charge in [-0.2, -0.15) is 4.98 Å². The highest BCUT2D eigenvalue weighted by Crippen LogP contribution is 2.18. The van der Waals surface area contributed by atoms with E-state index in [4.69, 9.17) is 5.11 Å². The molecule has 2 rings (SSSR count). The lowest BCUT2D eigenvalue weighted by Gasteiger charge is -2.31. The fourth-order valence-electron chi connectivity index (χ4n) is 1.90. The van der Waals surface area contributed by atoms with E-state index >= 15 is 0 Å². The molecule has 1 aliphatic rings. The lowest BCUT2D eigenvalue weighted by atomic mass is 10.0. The van der Waals surface area contributed by atoms with E-state index in [-0.39, 0.29) is 0 Å². The van der Waals surface area contributed by atoms with E-state index in [1.54, 1.807) is 0 Å². The van der Waals surface area contributed by atoms with Gasteiger partial charge in [0.25, 0.3) is 0 Å². The van der Waals surface area contributed by atoms with Crippen LogP contribution in [-0.2, 0) is 11.3 Å². The number of hydrogen-bond acceptors (Lipinski definition) is 5. The summed E-state index contributed by atoms with van der Waals surface area (Å²) in [5, 5.41) is 12.7. The van der Waals surface area contributed by atoms with Crippen molar-refractivity contribution in [3.05, 3.63) is 12.2 Å². The van der Waals surface area contributed by atoms with Crippen LogP contribution in [-0.4, -0.2) is 38.7 Å². The number of carboxylic acids is 1. The SMILES string of the molecule is O=C(O)C1CCCCN1Cc1ncon1. The highest BCUT2D eigenvalue weighted by molar-refractivity contribution is 5.73. The normalized spacial score (nSPS) is 22.8. The minimum atomic E-state index is -0.766. The first-order chi connectivity index (χ1) is 7.27. The maximum Gasteiger partial charge on any atom is 0.320 e. The van der Waals surface area contributed by atoms with Crippen LogP contribution < -0.4 is 0 Å². The van der Waals surface area contributed by atoms with Gasteiger partial charge in [-0.15, -0.1) is 0 Å². The van der Waals surface area contributed by atoms with Gasteiger partial charge in [0.05, 0.1) is 6.54 Å². The molecule has 1 aromatic heterocycles. The van der Waals surface area contributed by atoms with Gasteiger partial charge in [0.2, 0.25) is 6.39 Å². The quantitative estimate of drug-likeness (QED) is 0.784. The van der Waals surface area contributed by atoms with Crippen LogP contribution in [0.3, 0.4) is 0 Å². The Morgan fingerprint density at radius 2 is 2.53 bits per heavy atom. The lowest BCUT2D eigenvalue weighted by molar-refractivity contribution is -0.144. The van der Waals surface area contributed by atoms with Gasteiger partial charge >= 0.3 is 5.97 Å². The van der Waals surface area contributed by atoms with Crippen LogP contribution in [0.2, 0.25) is 0 Å². The van der Waals surface area contributed by atoms with Crippen molar-refractivity contribution in [1.82, 2.24) is 15.0 Å². The number of carbonyl (C=O) groups is 1. The van der Waals surface area contributed by atoms with E-state index in [1.165, 1.54) is 6.39 Å². The molecule has 2 heterocycles. The number of hydrogen-bond donors (Lipinski definition) is 1. The molecule has 1 aromatic rings. The third-order valence-electron chi connectivity index (χ3n) is 2.65. The predicted molar refractivity (Wildman–Crippen MR) is 50.0 cm³/mol. The fourth-order valence-corrected chi connectivity index (χ4v) is 1.90. The predicted octanol–water partition coefficient (Wildman–Crippen LogP) is 0.509. The number of piperidine rings is 1. The number of carboxylic acid groups (broad SMARTS) is 1. The number of aromatic nitrogens is 2. The Balaban J connectivity index is 2.02. The Morgan fingerprint density at radius 3 is 3.20 bits per heavy atom. The van der Waals surface area contributed by atoms with E-state index in [9.17, 15) is 4.79 Å². The van der Waals surface area contributed by atoms with Gasteiger partial charge < -0.3 is 9.63 Å². The molecule has 0 saturated carbocycles. The molecule has 0 radical (unpaired) electrons. The molecule has 82 valence electrons. The molecule has 1 unspecified atom stereocenters. The molecule has 0 aromatic carbocycles. The molecule has 1 N–H and O–H groups in total. The fraction of sp³-hybridized carbons (Fsp3) is 0.667. The van der Waals surface area contributed by atoms with E-state index < -0.39 is 12.0 Å². The monoisotopic (exact) mass is 211 g/mol. The zero-order chi connectivity index (χ0) is 10.7. The summed E-state index contributed by atoms with van der Waals surface area (Å²) in [4.78, 5) is 16.8. The highest BCUT2D eigenvalue weighted by Gasteiger charge is 2.28. The largest absolute Gasteiger partial charge is 0.480 e. The van der Waals surface area contributed by atoms with Crippen molar-refractivity contribution in [2.45, 2.75) is 31.8 Å². The van der Waals surface area contributed by atoms with Crippen LogP contribution in [0, 0.1) is 0 Å². The summed E-state index contributed by atoms with van der Waals surface area (Å²) in [6.07, 6.45) is 3.96. The Kier molecular flexibility index (Phi) is 2.96. The Morgan fingerprint density at radius 1 is 1.67 bits per heavy atom.